The van der Waals surface area contributed by atoms with Crippen LogP contribution in [-0.2, 0) is 24.2 Å². The number of nitriles is 1. The third-order valence-electron chi connectivity index (χ3n) is 9.68. The molecule has 0 saturated carbocycles. The predicted molar refractivity (Wildman–Crippen MR) is 169 cm³/mol. The average Bonchev–Trinajstić information content (AvgIpc) is 3.30. The Hall–Kier alpha value is -3.91. The van der Waals surface area contributed by atoms with E-state index in [9.17, 15) is 14.4 Å². The molecule has 4 aliphatic rings. The number of amides is 1. The van der Waals surface area contributed by atoms with Gasteiger partial charge in [-0.05, 0) is 75.9 Å². The highest BCUT2D eigenvalue weighted by atomic mass is 19.1. The van der Waals surface area contributed by atoms with Crippen molar-refractivity contribution in [3.05, 3.63) is 47.4 Å². The van der Waals surface area contributed by atoms with Gasteiger partial charge in [0, 0.05) is 51.4 Å². The molecule has 0 spiro atoms. The molecule has 44 heavy (non-hydrogen) atoms. The number of aryl methyl sites for hydroxylation is 1. The minimum absolute atomic E-state index is 0.157. The van der Waals surface area contributed by atoms with E-state index >= 15 is 0 Å². The lowest BCUT2D eigenvalue weighted by Gasteiger charge is -2.41. The van der Waals surface area contributed by atoms with Crippen molar-refractivity contribution in [3.8, 4) is 12.1 Å². The number of likely N-dealkylation sites (N-methyl/N-ethyl adjacent to an activating group) is 1. The summed E-state index contributed by atoms with van der Waals surface area (Å²) < 4.78 is 21.3. The number of piperazine rings is 1. The normalized spacial score (nSPS) is 22.2. The van der Waals surface area contributed by atoms with Crippen LogP contribution in [0.15, 0.2) is 24.8 Å². The summed E-state index contributed by atoms with van der Waals surface area (Å²) in [6.45, 7) is 9.01. The molecular formula is C33H43FN8O2. The molecule has 1 aromatic heterocycles. The Bertz CT molecular complexity index is 1440. The number of rotatable bonds is 7. The zero-order chi connectivity index (χ0) is 30.8. The lowest BCUT2D eigenvalue weighted by atomic mass is 10.00. The van der Waals surface area contributed by atoms with Gasteiger partial charge in [-0.25, -0.2) is 4.39 Å². The zero-order valence-corrected chi connectivity index (χ0v) is 26.0. The summed E-state index contributed by atoms with van der Waals surface area (Å²) in [7, 11) is 4.21. The van der Waals surface area contributed by atoms with E-state index in [1.165, 1.54) is 6.08 Å². The molecule has 0 aliphatic carbocycles. The summed E-state index contributed by atoms with van der Waals surface area (Å²) in [4.78, 5) is 33.3. The minimum Gasteiger partial charge on any atom is -0.462 e. The van der Waals surface area contributed by atoms with Crippen molar-refractivity contribution in [1.29, 1.82) is 5.26 Å². The Labute approximate surface area is 259 Å². The Morgan fingerprint density at radius 2 is 1.93 bits per heavy atom. The first-order valence-corrected chi connectivity index (χ1v) is 15.9. The minimum atomic E-state index is -0.266. The summed E-state index contributed by atoms with van der Waals surface area (Å²) in [6, 6.07) is 6.01. The van der Waals surface area contributed by atoms with Gasteiger partial charge in [-0.2, -0.15) is 15.2 Å². The molecule has 10 nitrogen and oxygen atoms in total. The average molecular weight is 603 g/mol. The smallest absolute Gasteiger partial charge is 0.318 e. The molecular weight excluding hydrogens is 559 g/mol. The van der Waals surface area contributed by atoms with Gasteiger partial charge in [-0.3, -0.25) is 4.79 Å². The van der Waals surface area contributed by atoms with Gasteiger partial charge < -0.3 is 29.2 Å². The van der Waals surface area contributed by atoms with Gasteiger partial charge in [0.15, 0.2) is 0 Å². The number of hydrogen-bond donors (Lipinski definition) is 0. The van der Waals surface area contributed by atoms with Crippen molar-refractivity contribution in [2.24, 2.45) is 0 Å². The highest BCUT2D eigenvalue weighted by Gasteiger charge is 2.34. The van der Waals surface area contributed by atoms with Crippen molar-refractivity contribution in [2.75, 3.05) is 74.7 Å². The third kappa shape index (κ3) is 6.05. The molecule has 1 aromatic carbocycles. The Morgan fingerprint density at radius 3 is 2.70 bits per heavy atom. The molecule has 6 rings (SSSR count). The quantitative estimate of drug-likeness (QED) is 0.442. The number of nitrogens with zero attached hydrogens (tertiary/aromatic N) is 8. The van der Waals surface area contributed by atoms with Crippen LogP contribution in [0.3, 0.4) is 0 Å². The lowest BCUT2D eigenvalue weighted by molar-refractivity contribution is -0.128. The number of hydrogen-bond acceptors (Lipinski definition) is 9. The first-order valence-electron chi connectivity index (χ1n) is 15.9. The Kier molecular flexibility index (Phi) is 8.89. The van der Waals surface area contributed by atoms with Crippen LogP contribution < -0.4 is 19.4 Å². The maximum atomic E-state index is 14.9. The van der Waals surface area contributed by atoms with Gasteiger partial charge in [0.1, 0.15) is 18.2 Å². The molecule has 0 unspecified atom stereocenters. The zero-order valence-electron chi connectivity index (χ0n) is 26.0. The summed E-state index contributed by atoms with van der Waals surface area (Å²) in [5, 5.41) is 9.56. The van der Waals surface area contributed by atoms with Crippen molar-refractivity contribution in [1.82, 2.24) is 19.8 Å². The van der Waals surface area contributed by atoms with Gasteiger partial charge in [-0.15, -0.1) is 0 Å². The number of fused-ring (bicyclic) bond motifs is 2. The molecule has 2 aromatic rings. The second kappa shape index (κ2) is 13.0. The van der Waals surface area contributed by atoms with Crippen molar-refractivity contribution in [3.63, 3.8) is 0 Å². The summed E-state index contributed by atoms with van der Waals surface area (Å²) in [5.41, 5.74) is 5.03. The largest absolute Gasteiger partial charge is 0.462 e. The molecule has 2 saturated heterocycles. The van der Waals surface area contributed by atoms with E-state index in [1.807, 2.05) is 0 Å². The van der Waals surface area contributed by atoms with E-state index < -0.39 is 0 Å². The standard InChI is InChI=1S/C33H43FN8O2/c1-4-30(43)42-17-16-41(20-25(42)11-12-35)32-27-10-7-15-40(29-19-24(34)18-23-8-5-14-39(3)31(23)29)21-28(27)36-33(37-32)44-22-26-9-6-13-38(26)2/h4,18-19,25-26H,1,5-11,13-17,20-22H2,2-3H3/t25-,26-/m0/s1. The van der Waals surface area contributed by atoms with Crippen LogP contribution >= 0.6 is 0 Å². The number of anilines is 3. The van der Waals surface area contributed by atoms with E-state index in [0.29, 0.717) is 44.8 Å². The van der Waals surface area contributed by atoms with Crippen LogP contribution in [0.1, 0.15) is 48.9 Å². The van der Waals surface area contributed by atoms with Crippen LogP contribution in [0.4, 0.5) is 21.6 Å². The van der Waals surface area contributed by atoms with E-state index in [2.05, 4.69) is 46.3 Å². The van der Waals surface area contributed by atoms with Crippen LogP contribution in [0.25, 0.3) is 0 Å². The van der Waals surface area contributed by atoms with Crippen LogP contribution in [0, 0.1) is 17.1 Å². The molecule has 234 valence electrons. The number of ether oxygens (including phenoxy) is 1. The Morgan fingerprint density at radius 1 is 1.09 bits per heavy atom. The molecule has 4 aliphatic heterocycles. The van der Waals surface area contributed by atoms with Gasteiger partial charge in [0.2, 0.25) is 5.91 Å². The highest BCUT2D eigenvalue weighted by Crippen LogP contribution is 2.40. The van der Waals surface area contributed by atoms with Crippen LogP contribution in [0.5, 0.6) is 6.01 Å². The van der Waals surface area contributed by atoms with Gasteiger partial charge in [-0.1, -0.05) is 6.58 Å². The van der Waals surface area contributed by atoms with Crippen molar-refractivity contribution in [2.45, 2.75) is 63.6 Å². The topological polar surface area (TPSA) is 92.1 Å². The van der Waals surface area contributed by atoms with Crippen molar-refractivity contribution >= 4 is 23.1 Å². The third-order valence-corrected chi connectivity index (χ3v) is 9.68. The second-order valence-corrected chi connectivity index (χ2v) is 12.5. The molecule has 2 atom stereocenters. The number of likely N-dealkylation sites (tertiary alicyclic amines) is 1. The number of benzene rings is 1. The number of aromatic nitrogens is 2. The summed E-state index contributed by atoms with van der Waals surface area (Å²) in [5.74, 6) is 0.455. The molecule has 11 heteroatoms. The van der Waals surface area contributed by atoms with Gasteiger partial charge in [0.05, 0.1) is 42.1 Å². The van der Waals surface area contributed by atoms with Crippen molar-refractivity contribution < 1.29 is 13.9 Å². The molecule has 1 amide bonds. The SMILES string of the molecule is C=CC(=O)N1CCN(c2nc(OC[C@@H]3CCCN3C)nc3c2CCCN(c2cc(F)cc4c2N(C)CCC4)C3)C[C@@H]1CC#N. The maximum Gasteiger partial charge on any atom is 0.318 e. The first kappa shape index (κ1) is 30.1. The van der Waals surface area contributed by atoms with E-state index in [0.717, 1.165) is 92.2 Å². The molecule has 2 fully saturated rings. The maximum absolute atomic E-state index is 14.9. The molecule has 0 radical (unpaired) electrons. The van der Waals surface area contributed by atoms with E-state index in [4.69, 9.17) is 14.7 Å². The number of halogens is 1. The van der Waals surface area contributed by atoms with Crippen LogP contribution in [-0.4, -0.2) is 97.7 Å². The molecule has 0 bridgehead atoms. The fraction of sp³-hybridized carbons (Fsp3) is 0.576. The summed E-state index contributed by atoms with van der Waals surface area (Å²) in [6.07, 6.45) is 7.30. The lowest BCUT2D eigenvalue weighted by Crippen LogP contribution is -2.55. The van der Waals surface area contributed by atoms with E-state index in [-0.39, 0.29) is 24.2 Å². The fourth-order valence-electron chi connectivity index (χ4n) is 7.35. The second-order valence-electron chi connectivity index (χ2n) is 12.5. The summed E-state index contributed by atoms with van der Waals surface area (Å²) >= 11 is 0. The van der Waals surface area contributed by atoms with Crippen LogP contribution in [0.2, 0.25) is 0 Å². The Balaban J connectivity index is 1.36. The van der Waals surface area contributed by atoms with Gasteiger partial charge in [0.25, 0.3) is 0 Å². The fourth-order valence-corrected chi connectivity index (χ4v) is 7.35. The predicted octanol–water partition coefficient (Wildman–Crippen LogP) is 3.54. The molecule has 5 heterocycles. The van der Waals surface area contributed by atoms with E-state index in [1.54, 1.807) is 17.0 Å². The number of carbonyl (C=O) groups excluding carboxylic acids is 1. The first-order chi connectivity index (χ1) is 21.4. The van der Waals surface area contributed by atoms with Gasteiger partial charge >= 0.3 is 6.01 Å². The number of carbonyl (C=O) groups is 1. The monoisotopic (exact) mass is 602 g/mol. The molecule has 0 N–H and O–H groups in total. The highest BCUT2D eigenvalue weighted by molar-refractivity contribution is 5.87.